The van der Waals surface area contributed by atoms with E-state index in [0.717, 1.165) is 24.2 Å². The van der Waals surface area contributed by atoms with Crippen LogP contribution in [0.15, 0.2) is 18.5 Å². The fourth-order valence-electron chi connectivity index (χ4n) is 3.13. The van der Waals surface area contributed by atoms with E-state index in [1.165, 1.54) is 0 Å². The van der Waals surface area contributed by atoms with Crippen molar-refractivity contribution in [3.05, 3.63) is 18.5 Å². The highest BCUT2D eigenvalue weighted by atomic mass is 16.6. The molecule has 1 aromatic rings. The SMILES string of the molecule is CC(C)(C)OC(=O)N1CCCC(N2c3ccncc3NC2O)C1. The maximum atomic E-state index is 12.3. The molecule has 126 valence electrons. The summed E-state index contributed by atoms with van der Waals surface area (Å²) in [5, 5.41) is 13.3. The quantitative estimate of drug-likeness (QED) is 0.824. The molecule has 2 aliphatic heterocycles. The number of anilines is 2. The number of carbonyl (C=O) groups is 1. The highest BCUT2D eigenvalue weighted by Gasteiger charge is 2.37. The van der Waals surface area contributed by atoms with Crippen LogP contribution >= 0.6 is 0 Å². The van der Waals surface area contributed by atoms with Gasteiger partial charge in [-0.3, -0.25) is 4.98 Å². The van der Waals surface area contributed by atoms with Gasteiger partial charge in [0.15, 0.2) is 0 Å². The summed E-state index contributed by atoms with van der Waals surface area (Å²) in [6, 6.07) is 1.92. The molecule has 2 unspecified atom stereocenters. The number of rotatable bonds is 1. The number of likely N-dealkylation sites (tertiary alicyclic amines) is 1. The van der Waals surface area contributed by atoms with Crippen LogP contribution in [0, 0.1) is 0 Å². The van der Waals surface area contributed by atoms with Gasteiger partial charge in [-0.05, 0) is 39.7 Å². The number of nitrogens with one attached hydrogen (secondary N) is 1. The van der Waals surface area contributed by atoms with Crippen molar-refractivity contribution in [2.24, 2.45) is 0 Å². The average molecular weight is 320 g/mol. The first-order valence-corrected chi connectivity index (χ1v) is 8.00. The van der Waals surface area contributed by atoms with Gasteiger partial charge in [0.25, 0.3) is 0 Å². The summed E-state index contributed by atoms with van der Waals surface area (Å²) in [4.78, 5) is 20.0. The van der Waals surface area contributed by atoms with Gasteiger partial charge >= 0.3 is 6.09 Å². The lowest BCUT2D eigenvalue weighted by Crippen LogP contribution is -2.53. The van der Waals surface area contributed by atoms with Gasteiger partial charge in [-0.1, -0.05) is 0 Å². The lowest BCUT2D eigenvalue weighted by molar-refractivity contribution is 0.0185. The van der Waals surface area contributed by atoms with Crippen LogP contribution in [0.3, 0.4) is 0 Å². The summed E-state index contributed by atoms with van der Waals surface area (Å²) in [6.07, 6.45) is 4.12. The van der Waals surface area contributed by atoms with Gasteiger partial charge in [0.1, 0.15) is 5.60 Å². The Balaban J connectivity index is 1.73. The first-order chi connectivity index (χ1) is 10.8. The number of aromatic nitrogens is 1. The first-order valence-electron chi connectivity index (χ1n) is 8.00. The van der Waals surface area contributed by atoms with Crippen molar-refractivity contribution < 1.29 is 14.6 Å². The maximum Gasteiger partial charge on any atom is 0.410 e. The van der Waals surface area contributed by atoms with Gasteiger partial charge in [0, 0.05) is 19.3 Å². The smallest absolute Gasteiger partial charge is 0.410 e. The molecule has 2 aliphatic rings. The standard InChI is InChI=1S/C16H24N4O3/c1-16(2,3)23-15(22)19-8-4-5-11(10-19)20-13-6-7-17-9-12(13)18-14(20)21/h6-7,9,11,14,18,21H,4-5,8,10H2,1-3H3. The summed E-state index contributed by atoms with van der Waals surface area (Å²) in [5.74, 6) is 0. The van der Waals surface area contributed by atoms with Crippen LogP contribution in [0.5, 0.6) is 0 Å². The number of aliphatic hydroxyl groups excluding tert-OH is 1. The third-order valence-corrected chi connectivity index (χ3v) is 4.07. The third kappa shape index (κ3) is 3.34. The number of nitrogens with zero attached hydrogens (tertiary/aromatic N) is 3. The number of carbonyl (C=O) groups excluding carboxylic acids is 1. The highest BCUT2D eigenvalue weighted by molar-refractivity contribution is 5.75. The topological polar surface area (TPSA) is 77.9 Å². The molecule has 1 fully saturated rings. The zero-order valence-corrected chi connectivity index (χ0v) is 13.8. The number of pyridine rings is 1. The normalized spacial score (nSPS) is 24.2. The Morgan fingerprint density at radius 1 is 1.48 bits per heavy atom. The van der Waals surface area contributed by atoms with Gasteiger partial charge in [0.2, 0.25) is 6.35 Å². The molecular formula is C16H24N4O3. The van der Waals surface area contributed by atoms with Gasteiger partial charge in [-0.15, -0.1) is 0 Å². The second-order valence-electron chi connectivity index (χ2n) is 7.04. The molecule has 0 bridgehead atoms. The van der Waals surface area contributed by atoms with Crippen molar-refractivity contribution in [2.45, 2.75) is 51.6 Å². The predicted molar refractivity (Wildman–Crippen MR) is 87.2 cm³/mol. The minimum Gasteiger partial charge on any atom is -0.444 e. The number of piperidine rings is 1. The zero-order chi connectivity index (χ0) is 16.6. The van der Waals surface area contributed by atoms with Crippen LogP contribution in [-0.4, -0.2) is 52.2 Å². The van der Waals surface area contributed by atoms with Crippen LogP contribution in [0.4, 0.5) is 16.2 Å². The van der Waals surface area contributed by atoms with Gasteiger partial charge in [-0.25, -0.2) is 4.79 Å². The molecule has 1 amide bonds. The Labute approximate surface area is 136 Å². The molecule has 0 aliphatic carbocycles. The molecule has 7 heteroatoms. The lowest BCUT2D eigenvalue weighted by Gasteiger charge is -2.40. The number of hydrogen-bond donors (Lipinski definition) is 2. The molecule has 7 nitrogen and oxygen atoms in total. The minimum absolute atomic E-state index is 0.0439. The molecule has 0 spiro atoms. The molecule has 3 rings (SSSR count). The predicted octanol–water partition coefficient (Wildman–Crippen LogP) is 1.99. The van der Waals surface area contributed by atoms with E-state index in [1.54, 1.807) is 17.3 Å². The largest absolute Gasteiger partial charge is 0.444 e. The second kappa shape index (κ2) is 5.88. The summed E-state index contributed by atoms with van der Waals surface area (Å²) in [5.41, 5.74) is 1.23. The first kappa shape index (κ1) is 15.9. The number of hydrogen-bond acceptors (Lipinski definition) is 6. The lowest BCUT2D eigenvalue weighted by atomic mass is 10.0. The van der Waals surface area contributed by atoms with Crippen molar-refractivity contribution >= 4 is 17.5 Å². The maximum absolute atomic E-state index is 12.3. The van der Waals surface area contributed by atoms with E-state index in [1.807, 2.05) is 31.7 Å². The summed E-state index contributed by atoms with van der Waals surface area (Å²) >= 11 is 0. The van der Waals surface area contributed by atoms with Crippen LogP contribution in [0.2, 0.25) is 0 Å². The second-order valence-corrected chi connectivity index (χ2v) is 7.04. The molecule has 0 saturated carbocycles. The van der Waals surface area contributed by atoms with Gasteiger partial charge in [0.05, 0.1) is 23.6 Å². The number of aliphatic hydroxyl groups is 1. The molecular weight excluding hydrogens is 296 g/mol. The van der Waals surface area contributed by atoms with Gasteiger partial charge in [-0.2, -0.15) is 0 Å². The van der Waals surface area contributed by atoms with E-state index in [2.05, 4.69) is 10.3 Å². The molecule has 1 saturated heterocycles. The van der Waals surface area contributed by atoms with Crippen LogP contribution in [0.1, 0.15) is 33.6 Å². The van der Waals surface area contributed by atoms with Crippen molar-refractivity contribution in [3.63, 3.8) is 0 Å². The summed E-state index contributed by atoms with van der Waals surface area (Å²) in [7, 11) is 0. The Morgan fingerprint density at radius 2 is 2.26 bits per heavy atom. The summed E-state index contributed by atoms with van der Waals surface area (Å²) < 4.78 is 5.46. The highest BCUT2D eigenvalue weighted by Crippen LogP contribution is 2.36. The Hall–Kier alpha value is -2.02. The van der Waals surface area contributed by atoms with Crippen molar-refractivity contribution in [1.29, 1.82) is 0 Å². The molecule has 1 aromatic heterocycles. The molecule has 2 N–H and O–H groups in total. The number of ether oxygens (including phenoxy) is 1. The fourth-order valence-corrected chi connectivity index (χ4v) is 3.13. The summed E-state index contributed by atoms with van der Waals surface area (Å²) in [6.45, 7) is 6.82. The van der Waals surface area contributed by atoms with Gasteiger partial charge < -0.3 is 25.0 Å². The monoisotopic (exact) mass is 320 g/mol. The molecule has 23 heavy (non-hydrogen) atoms. The van der Waals surface area contributed by atoms with Crippen LogP contribution in [-0.2, 0) is 4.74 Å². The van der Waals surface area contributed by atoms with E-state index in [0.29, 0.717) is 13.1 Å². The Kier molecular flexibility index (Phi) is 4.06. The van der Waals surface area contributed by atoms with E-state index in [-0.39, 0.29) is 12.1 Å². The van der Waals surface area contributed by atoms with E-state index >= 15 is 0 Å². The number of amides is 1. The van der Waals surface area contributed by atoms with E-state index < -0.39 is 12.0 Å². The Bertz CT molecular complexity index is 587. The van der Waals surface area contributed by atoms with E-state index in [4.69, 9.17) is 4.74 Å². The number of fused-ring (bicyclic) bond motifs is 1. The average Bonchev–Trinajstić information content (AvgIpc) is 2.81. The zero-order valence-electron chi connectivity index (χ0n) is 13.8. The molecule has 0 radical (unpaired) electrons. The van der Waals surface area contributed by atoms with Crippen molar-refractivity contribution in [2.75, 3.05) is 23.3 Å². The molecule has 3 heterocycles. The van der Waals surface area contributed by atoms with Crippen LogP contribution in [0.25, 0.3) is 0 Å². The van der Waals surface area contributed by atoms with Crippen LogP contribution < -0.4 is 10.2 Å². The third-order valence-electron chi connectivity index (χ3n) is 4.07. The molecule has 2 atom stereocenters. The van der Waals surface area contributed by atoms with Crippen molar-refractivity contribution in [1.82, 2.24) is 9.88 Å². The fraction of sp³-hybridized carbons (Fsp3) is 0.625. The minimum atomic E-state index is -0.794. The molecule has 0 aromatic carbocycles. The Morgan fingerprint density at radius 3 is 3.00 bits per heavy atom. The van der Waals surface area contributed by atoms with Crippen molar-refractivity contribution in [3.8, 4) is 0 Å². The van der Waals surface area contributed by atoms with E-state index in [9.17, 15) is 9.90 Å².